The van der Waals surface area contributed by atoms with E-state index in [1.165, 1.54) is 10.6 Å². The Balaban J connectivity index is 1.10. The van der Waals surface area contributed by atoms with Crippen LogP contribution in [0.5, 0.6) is 0 Å². The molecule has 0 bridgehead atoms. The average Bonchev–Trinajstić information content (AvgIpc) is 3.51. The van der Waals surface area contributed by atoms with Crippen LogP contribution in [0, 0.1) is 6.92 Å². The standard InChI is InChI=1S/C22H25N7OS/c1-16-2-7-21(23-12-16)28-10-8-17(9-11-28)22-25-18(14-31-22)13-30-20-5-3-19(4-6-20)29-15-24-26-27-29/h2-5,7,12,14-15,17,20H,6,8-11,13H2,1H3. The van der Waals surface area contributed by atoms with Crippen molar-refractivity contribution in [2.45, 2.75) is 44.8 Å². The number of ether oxygens (including phenoxy) is 1. The normalized spacial score (nSPS) is 19.6. The van der Waals surface area contributed by atoms with Crippen molar-refractivity contribution in [1.82, 2.24) is 30.2 Å². The lowest BCUT2D eigenvalue weighted by molar-refractivity contribution is 0.0714. The van der Waals surface area contributed by atoms with Crippen molar-refractivity contribution >= 4 is 22.9 Å². The second-order valence-corrected chi connectivity index (χ2v) is 8.85. The zero-order valence-electron chi connectivity index (χ0n) is 17.5. The molecule has 4 heterocycles. The Morgan fingerprint density at radius 2 is 2.13 bits per heavy atom. The Bertz CT molecular complexity index is 1050. The fourth-order valence-electron chi connectivity index (χ4n) is 3.93. The number of hydrogen-bond acceptors (Lipinski definition) is 8. The van der Waals surface area contributed by atoms with Crippen LogP contribution in [0.15, 0.2) is 48.3 Å². The first kappa shape index (κ1) is 20.0. The summed E-state index contributed by atoms with van der Waals surface area (Å²) in [5.41, 5.74) is 3.18. The predicted octanol–water partition coefficient (Wildman–Crippen LogP) is 3.60. The van der Waals surface area contributed by atoms with Gasteiger partial charge in [-0.05, 0) is 54.3 Å². The molecule has 1 aliphatic carbocycles. The number of pyridine rings is 1. The molecule has 0 N–H and O–H groups in total. The van der Waals surface area contributed by atoms with Crippen LogP contribution in [0.3, 0.4) is 0 Å². The second-order valence-electron chi connectivity index (χ2n) is 7.96. The van der Waals surface area contributed by atoms with E-state index in [2.05, 4.69) is 62.0 Å². The third-order valence-electron chi connectivity index (χ3n) is 5.73. The van der Waals surface area contributed by atoms with Gasteiger partial charge in [0.1, 0.15) is 12.1 Å². The molecule has 1 unspecified atom stereocenters. The molecule has 3 aromatic heterocycles. The van der Waals surface area contributed by atoms with Crippen molar-refractivity contribution in [3.8, 4) is 0 Å². The van der Waals surface area contributed by atoms with Crippen molar-refractivity contribution in [3.63, 3.8) is 0 Å². The molecule has 0 spiro atoms. The molecule has 1 aliphatic heterocycles. The largest absolute Gasteiger partial charge is 0.367 e. The number of aromatic nitrogens is 6. The zero-order valence-corrected chi connectivity index (χ0v) is 18.3. The van der Waals surface area contributed by atoms with Gasteiger partial charge in [-0.15, -0.1) is 16.4 Å². The number of tetrazole rings is 1. The van der Waals surface area contributed by atoms with Crippen LogP contribution in [0.2, 0.25) is 0 Å². The summed E-state index contributed by atoms with van der Waals surface area (Å²) in [5, 5.41) is 14.6. The molecule has 0 amide bonds. The van der Waals surface area contributed by atoms with E-state index in [0.717, 1.165) is 49.6 Å². The number of anilines is 1. The predicted molar refractivity (Wildman–Crippen MR) is 120 cm³/mol. The number of rotatable bonds is 6. The molecular formula is C22H25N7OS. The summed E-state index contributed by atoms with van der Waals surface area (Å²) < 4.78 is 7.71. The average molecular weight is 436 g/mol. The number of aryl methyl sites for hydroxylation is 1. The number of piperidine rings is 1. The first-order chi connectivity index (χ1) is 15.2. The zero-order chi connectivity index (χ0) is 21.0. The van der Waals surface area contributed by atoms with Gasteiger partial charge in [0.15, 0.2) is 0 Å². The Morgan fingerprint density at radius 3 is 2.84 bits per heavy atom. The molecule has 8 nitrogen and oxygen atoms in total. The van der Waals surface area contributed by atoms with E-state index in [1.54, 1.807) is 22.3 Å². The minimum atomic E-state index is 0.0515. The lowest BCUT2D eigenvalue weighted by Crippen LogP contribution is -2.33. The Kier molecular flexibility index (Phi) is 5.86. The van der Waals surface area contributed by atoms with Gasteiger partial charge in [-0.25, -0.2) is 14.6 Å². The van der Waals surface area contributed by atoms with Crippen molar-refractivity contribution in [2.24, 2.45) is 0 Å². The smallest absolute Gasteiger partial charge is 0.143 e. The third-order valence-corrected chi connectivity index (χ3v) is 6.79. The Morgan fingerprint density at radius 1 is 1.23 bits per heavy atom. The summed E-state index contributed by atoms with van der Waals surface area (Å²) in [7, 11) is 0. The van der Waals surface area contributed by atoms with Crippen LogP contribution in [-0.4, -0.2) is 49.4 Å². The second kappa shape index (κ2) is 9.07. The van der Waals surface area contributed by atoms with Crippen molar-refractivity contribution in [1.29, 1.82) is 0 Å². The highest BCUT2D eigenvalue weighted by atomic mass is 32.1. The molecule has 0 radical (unpaired) electrons. The fourth-order valence-corrected chi connectivity index (χ4v) is 4.91. The van der Waals surface area contributed by atoms with E-state index in [9.17, 15) is 0 Å². The van der Waals surface area contributed by atoms with E-state index in [1.807, 2.05) is 12.3 Å². The minimum Gasteiger partial charge on any atom is -0.367 e. The van der Waals surface area contributed by atoms with Crippen LogP contribution in [0.1, 0.15) is 41.4 Å². The van der Waals surface area contributed by atoms with Gasteiger partial charge in [0.05, 0.1) is 29.1 Å². The van der Waals surface area contributed by atoms with Crippen LogP contribution in [0.4, 0.5) is 5.82 Å². The minimum absolute atomic E-state index is 0.0515. The summed E-state index contributed by atoms with van der Waals surface area (Å²) in [6.45, 7) is 4.65. The molecule has 3 aromatic rings. The van der Waals surface area contributed by atoms with Gasteiger partial charge in [0, 0.05) is 30.6 Å². The molecule has 0 saturated carbocycles. The van der Waals surface area contributed by atoms with Crippen molar-refractivity contribution in [3.05, 3.63) is 64.5 Å². The molecule has 0 aromatic carbocycles. The number of allylic oxidation sites excluding steroid dienone is 2. The molecule has 2 aliphatic rings. The van der Waals surface area contributed by atoms with Crippen molar-refractivity contribution in [2.75, 3.05) is 18.0 Å². The molecule has 1 atom stereocenters. The summed E-state index contributed by atoms with van der Waals surface area (Å²) in [4.78, 5) is 11.8. The van der Waals surface area contributed by atoms with E-state index in [4.69, 9.17) is 9.72 Å². The highest BCUT2D eigenvalue weighted by molar-refractivity contribution is 7.09. The highest BCUT2D eigenvalue weighted by Gasteiger charge is 2.24. The molecule has 1 fully saturated rings. The van der Waals surface area contributed by atoms with Gasteiger partial charge in [0.2, 0.25) is 0 Å². The number of thiazole rings is 1. The maximum Gasteiger partial charge on any atom is 0.143 e. The first-order valence-corrected chi connectivity index (χ1v) is 11.5. The van der Waals surface area contributed by atoms with Crippen LogP contribution >= 0.6 is 11.3 Å². The molecule has 1 saturated heterocycles. The van der Waals surface area contributed by atoms with Gasteiger partial charge < -0.3 is 9.64 Å². The van der Waals surface area contributed by atoms with Crippen LogP contribution < -0.4 is 4.90 Å². The lowest BCUT2D eigenvalue weighted by Gasteiger charge is -2.32. The SMILES string of the molecule is Cc1ccc(N2CCC(c3nc(COC4C=CC(n5cnnn5)=CC4)cs3)CC2)nc1. The summed E-state index contributed by atoms with van der Waals surface area (Å²) in [6, 6.07) is 4.25. The van der Waals surface area contributed by atoms with E-state index >= 15 is 0 Å². The lowest BCUT2D eigenvalue weighted by atomic mass is 9.97. The monoisotopic (exact) mass is 435 g/mol. The summed E-state index contributed by atoms with van der Waals surface area (Å²) in [6.07, 6.45) is 12.7. The van der Waals surface area contributed by atoms with E-state index in [-0.39, 0.29) is 6.10 Å². The summed E-state index contributed by atoms with van der Waals surface area (Å²) >= 11 is 1.76. The topological polar surface area (TPSA) is 81.9 Å². The van der Waals surface area contributed by atoms with Crippen LogP contribution in [-0.2, 0) is 11.3 Å². The maximum atomic E-state index is 6.06. The molecular weight excluding hydrogens is 410 g/mol. The molecule has 160 valence electrons. The van der Waals surface area contributed by atoms with Gasteiger partial charge >= 0.3 is 0 Å². The van der Waals surface area contributed by atoms with Gasteiger partial charge in [0.25, 0.3) is 0 Å². The quantitative estimate of drug-likeness (QED) is 0.585. The molecule has 5 rings (SSSR count). The summed E-state index contributed by atoms with van der Waals surface area (Å²) in [5.74, 6) is 1.60. The number of hydrogen-bond donors (Lipinski definition) is 0. The highest BCUT2D eigenvalue weighted by Crippen LogP contribution is 2.32. The Labute approximate surface area is 185 Å². The van der Waals surface area contributed by atoms with Crippen LogP contribution in [0.25, 0.3) is 5.70 Å². The maximum absolute atomic E-state index is 6.06. The number of nitrogens with zero attached hydrogens (tertiary/aromatic N) is 7. The van der Waals surface area contributed by atoms with Crippen molar-refractivity contribution < 1.29 is 4.74 Å². The molecule has 31 heavy (non-hydrogen) atoms. The fraction of sp³-hybridized carbons (Fsp3) is 0.409. The first-order valence-electron chi connectivity index (χ1n) is 10.6. The van der Waals surface area contributed by atoms with Gasteiger partial charge in [-0.2, -0.15) is 0 Å². The van der Waals surface area contributed by atoms with Gasteiger partial charge in [-0.3, -0.25) is 0 Å². The van der Waals surface area contributed by atoms with E-state index < -0.39 is 0 Å². The molecule has 9 heteroatoms. The van der Waals surface area contributed by atoms with E-state index in [0.29, 0.717) is 12.5 Å². The third kappa shape index (κ3) is 4.72. The van der Waals surface area contributed by atoms with Gasteiger partial charge in [-0.1, -0.05) is 18.2 Å². The Hall–Kier alpha value is -2.91.